The van der Waals surface area contributed by atoms with Gasteiger partial charge in [0, 0.05) is 12.7 Å². The second-order valence-electron chi connectivity index (χ2n) is 18.7. The number of hydrogen-bond acceptors (Lipinski definition) is 14. The molecule has 0 fully saturated rings. The number of carbonyl (C=O) groups excluding carboxylic acids is 6. The Kier molecular flexibility index (Phi) is 18.0. The molecule has 0 radical (unpaired) electrons. The van der Waals surface area contributed by atoms with Crippen LogP contribution in [0.4, 0.5) is 20.1 Å². The van der Waals surface area contributed by atoms with Crippen LogP contribution in [0.5, 0.6) is 5.75 Å². The largest absolute Gasteiger partial charge is 0.460 e. The highest BCUT2D eigenvalue weighted by molar-refractivity contribution is 7.87. The van der Waals surface area contributed by atoms with Crippen LogP contribution in [0, 0.1) is 0 Å². The van der Waals surface area contributed by atoms with Crippen molar-refractivity contribution in [1.29, 1.82) is 0 Å². The van der Waals surface area contributed by atoms with E-state index in [1.165, 1.54) is 48.5 Å². The van der Waals surface area contributed by atoms with Crippen LogP contribution in [0.15, 0.2) is 83.9 Å². The third-order valence-electron chi connectivity index (χ3n) is 8.01. The lowest BCUT2D eigenvalue weighted by molar-refractivity contribution is -0.166. The minimum atomic E-state index is -4.96. The third-order valence-corrected chi connectivity index (χ3v) is 9.83. The second kappa shape index (κ2) is 22.1. The third kappa shape index (κ3) is 18.9. The minimum Gasteiger partial charge on any atom is -0.460 e. The van der Waals surface area contributed by atoms with E-state index in [2.05, 4.69) is 15.6 Å². The van der Waals surface area contributed by atoms with Gasteiger partial charge in [0.05, 0.1) is 18.5 Å². The molecule has 0 unspecified atom stereocenters. The predicted molar refractivity (Wildman–Crippen MR) is 243 cm³/mol. The number of anilines is 1. The zero-order chi connectivity index (χ0) is 49.8. The number of nitrogens with one attached hydrogen (secondary N) is 2. The molecule has 0 aromatic heterocycles. The molecule has 360 valence electrons. The summed E-state index contributed by atoms with van der Waals surface area (Å²) < 4.78 is 62.1. The molecule has 3 aromatic rings. The maximum Gasteiger partial charge on any atom is 0.437 e. The first-order valence-electron chi connectivity index (χ1n) is 20.7. The number of alkyl carbamates (subject to hydrolysis) is 1. The van der Waals surface area contributed by atoms with Crippen molar-refractivity contribution in [1.82, 2.24) is 13.9 Å². The molecule has 2 N–H and O–H groups in total. The number of ether oxygens (including phenoxy) is 6. The molecule has 20 heteroatoms. The van der Waals surface area contributed by atoms with Crippen molar-refractivity contribution < 1.29 is 65.6 Å². The summed E-state index contributed by atoms with van der Waals surface area (Å²) in [5.41, 5.74) is -2.53. The topological polar surface area (TPSA) is 235 Å². The molecule has 1 atom stereocenters. The number of carbonyl (C=O) groups is 6. The SMILES string of the molecule is CN([C@@H](CC(=O)OC(C)(C)C)C(=O)OC(C)(C)C)S(=O)(=O)N(Cc1ccc(OC(=O)c2ccc(NC(=NC(=O)OC(C)(C)C)NC(=O)OC(C)(C)C)cc2)cc1)C(=O)OCc1ccccc1. The number of aliphatic imine (C=N–C) groups is 1. The quantitative estimate of drug-likeness (QED) is 0.0545. The highest BCUT2D eigenvalue weighted by Crippen LogP contribution is 2.24. The maximum absolute atomic E-state index is 14.4. The van der Waals surface area contributed by atoms with Crippen LogP contribution >= 0.6 is 0 Å². The molecule has 0 aliphatic carbocycles. The van der Waals surface area contributed by atoms with E-state index in [1.807, 2.05) is 0 Å². The summed E-state index contributed by atoms with van der Waals surface area (Å²) in [7, 11) is -3.92. The summed E-state index contributed by atoms with van der Waals surface area (Å²) in [6.45, 7) is 18.6. The van der Waals surface area contributed by atoms with Gasteiger partial charge in [-0.05, 0) is 131 Å². The van der Waals surface area contributed by atoms with Gasteiger partial charge in [-0.1, -0.05) is 42.5 Å². The van der Waals surface area contributed by atoms with Crippen LogP contribution in [-0.4, -0.2) is 94.7 Å². The van der Waals surface area contributed by atoms with E-state index in [-0.39, 0.29) is 29.4 Å². The number of likely N-dealkylation sites (N-methyl/N-ethyl adjacent to an activating group) is 1. The molecule has 19 nitrogen and oxygen atoms in total. The Morgan fingerprint density at radius 1 is 0.667 bits per heavy atom. The van der Waals surface area contributed by atoms with Gasteiger partial charge in [0.2, 0.25) is 5.96 Å². The zero-order valence-corrected chi connectivity index (χ0v) is 40.5. The van der Waals surface area contributed by atoms with Crippen LogP contribution in [0.1, 0.15) is 111 Å². The normalized spacial score (nSPS) is 12.8. The van der Waals surface area contributed by atoms with Crippen molar-refractivity contribution in [2.45, 2.75) is 131 Å². The molecule has 66 heavy (non-hydrogen) atoms. The summed E-state index contributed by atoms with van der Waals surface area (Å²) in [4.78, 5) is 82.1. The molecule has 0 spiro atoms. The van der Waals surface area contributed by atoms with E-state index in [9.17, 15) is 37.2 Å². The fourth-order valence-electron chi connectivity index (χ4n) is 5.30. The molecular formula is C46H61N5O14S. The van der Waals surface area contributed by atoms with Crippen molar-refractivity contribution in [2.24, 2.45) is 4.99 Å². The van der Waals surface area contributed by atoms with Gasteiger partial charge in [0.25, 0.3) is 0 Å². The van der Waals surface area contributed by atoms with Crippen LogP contribution in [0.25, 0.3) is 0 Å². The number of guanidine groups is 1. The molecule has 3 amide bonds. The lowest BCUT2D eigenvalue weighted by atomic mass is 10.1. The van der Waals surface area contributed by atoms with Gasteiger partial charge in [0.1, 0.15) is 40.8 Å². The Labute approximate surface area is 386 Å². The first-order valence-corrected chi connectivity index (χ1v) is 22.1. The lowest BCUT2D eigenvalue weighted by Crippen LogP contribution is -2.53. The molecule has 0 saturated heterocycles. The van der Waals surface area contributed by atoms with Crippen LogP contribution in [0.2, 0.25) is 0 Å². The van der Waals surface area contributed by atoms with Crippen LogP contribution < -0.4 is 15.4 Å². The molecule has 0 aliphatic heterocycles. The minimum absolute atomic E-state index is 0.0554. The van der Waals surface area contributed by atoms with E-state index >= 15 is 0 Å². The average Bonchev–Trinajstić information content (AvgIpc) is 3.16. The van der Waals surface area contributed by atoms with Gasteiger partial charge in [-0.25, -0.2) is 19.2 Å². The van der Waals surface area contributed by atoms with Gasteiger partial charge in [-0.3, -0.25) is 14.9 Å². The summed E-state index contributed by atoms with van der Waals surface area (Å²) in [5, 5.41) is 5.16. The number of rotatable bonds is 13. The predicted octanol–water partition coefficient (Wildman–Crippen LogP) is 7.89. The number of amides is 3. The Morgan fingerprint density at radius 3 is 1.74 bits per heavy atom. The van der Waals surface area contributed by atoms with Gasteiger partial charge >= 0.3 is 46.4 Å². The van der Waals surface area contributed by atoms with Crippen molar-refractivity contribution in [3.8, 4) is 5.75 Å². The zero-order valence-electron chi connectivity index (χ0n) is 39.7. The van der Waals surface area contributed by atoms with E-state index < -0.39 is 87.8 Å². The van der Waals surface area contributed by atoms with Crippen LogP contribution in [-0.2, 0) is 56.6 Å². The van der Waals surface area contributed by atoms with E-state index in [0.717, 1.165) is 7.05 Å². The molecule has 3 rings (SSSR count). The van der Waals surface area contributed by atoms with Gasteiger partial charge in [-0.2, -0.15) is 17.0 Å². The summed E-state index contributed by atoms with van der Waals surface area (Å²) in [5.74, 6) is -2.97. The first kappa shape index (κ1) is 53.8. The summed E-state index contributed by atoms with van der Waals surface area (Å²) in [6.07, 6.45) is -3.90. The fraction of sp³-hybridized carbons (Fsp3) is 0.457. The van der Waals surface area contributed by atoms with Gasteiger partial charge in [0.15, 0.2) is 0 Å². The number of esters is 3. The Bertz CT molecular complexity index is 2330. The smallest absolute Gasteiger partial charge is 0.437 e. The van der Waals surface area contributed by atoms with Crippen molar-refractivity contribution in [3.63, 3.8) is 0 Å². The Morgan fingerprint density at radius 2 is 1.21 bits per heavy atom. The Hall–Kier alpha value is -6.54. The summed E-state index contributed by atoms with van der Waals surface area (Å²) in [6, 6.07) is 18.1. The van der Waals surface area contributed by atoms with Crippen molar-refractivity contribution in [3.05, 3.63) is 95.6 Å². The highest BCUT2D eigenvalue weighted by Gasteiger charge is 2.42. The molecule has 0 heterocycles. The molecule has 0 bridgehead atoms. The Balaban J connectivity index is 1.86. The molecule has 0 aliphatic rings. The van der Waals surface area contributed by atoms with Crippen molar-refractivity contribution in [2.75, 3.05) is 12.4 Å². The number of benzene rings is 3. The second-order valence-corrected chi connectivity index (χ2v) is 20.6. The molecule has 0 saturated carbocycles. The first-order chi connectivity index (χ1) is 30.3. The molecule has 3 aromatic carbocycles. The monoisotopic (exact) mass is 939 g/mol. The van der Waals surface area contributed by atoms with Gasteiger partial charge < -0.3 is 33.7 Å². The summed E-state index contributed by atoms with van der Waals surface area (Å²) >= 11 is 0. The van der Waals surface area contributed by atoms with Gasteiger partial charge in [-0.15, -0.1) is 4.99 Å². The fourth-order valence-corrected chi connectivity index (χ4v) is 6.65. The van der Waals surface area contributed by atoms with E-state index in [1.54, 1.807) is 113 Å². The number of nitrogens with zero attached hydrogens (tertiary/aromatic N) is 3. The highest BCUT2D eigenvalue weighted by atomic mass is 32.2. The van der Waals surface area contributed by atoms with Crippen molar-refractivity contribution >= 4 is 58.0 Å². The molecular weight excluding hydrogens is 879 g/mol. The average molecular weight is 940 g/mol. The lowest BCUT2D eigenvalue weighted by Gasteiger charge is -2.33. The standard InChI is InChI=1S/C46H61N5O14S/c1-43(2,3)62-36(52)27-35(38(54)63-44(4,5)6)50(13)66(58,59)51(42(57)60-29-31-17-15-14-16-18-31)28-30-19-25-34(26-20-30)61-37(53)32-21-23-33(24-22-32)47-39(48-40(55)64-45(7,8)9)49-41(56)65-46(10,11)12/h14-26,35H,27-29H2,1-13H3,(H2,47,48,49,55,56)/t35-/m0/s1. The van der Waals surface area contributed by atoms with E-state index in [0.29, 0.717) is 19.9 Å². The van der Waals surface area contributed by atoms with E-state index in [4.69, 9.17) is 28.4 Å². The van der Waals surface area contributed by atoms with Crippen LogP contribution in [0.3, 0.4) is 0 Å². The maximum atomic E-state index is 14.4. The number of hydrogen-bond donors (Lipinski definition) is 2.